The number of likely N-dealkylation sites (tertiary alicyclic amines) is 1. The minimum atomic E-state index is -2.53. The van der Waals surface area contributed by atoms with Gasteiger partial charge in [0, 0.05) is 55.5 Å². The zero-order valence-corrected chi connectivity index (χ0v) is 25.8. The first-order chi connectivity index (χ1) is 23.2. The van der Waals surface area contributed by atoms with Gasteiger partial charge < -0.3 is 21.3 Å². The Bertz CT molecular complexity index is 2120. The third-order valence-corrected chi connectivity index (χ3v) is 8.32. The van der Waals surface area contributed by atoms with Crippen LogP contribution in [0.15, 0.2) is 85.3 Å². The molecule has 0 unspecified atom stereocenters. The highest BCUT2D eigenvalue weighted by molar-refractivity contribution is 6.12. The van der Waals surface area contributed by atoms with Crippen LogP contribution < -0.4 is 11.1 Å². The Morgan fingerprint density at radius 1 is 0.938 bits per heavy atom. The number of hydrogen-bond donors (Lipinski definition) is 4. The summed E-state index contributed by atoms with van der Waals surface area (Å²) in [6, 6.07) is 22.9. The van der Waals surface area contributed by atoms with E-state index in [2.05, 4.69) is 54.4 Å². The minimum absolute atomic E-state index is 0.0785. The van der Waals surface area contributed by atoms with E-state index in [1.165, 1.54) is 17.8 Å². The molecule has 1 saturated heterocycles. The van der Waals surface area contributed by atoms with Gasteiger partial charge in [-0.15, -0.1) is 0 Å². The first-order valence-corrected chi connectivity index (χ1v) is 15.4. The standard InChI is InChI=1S/C34H30BN11O2/c35-34(47,48)28-10-5-22(19-40-28)26-8-9-27-33(42-26)46(32(43-27)25-2-1-14-39-31(25)37)24-6-3-21(4-7-24)20-45-16-12-23(13-17-45)41-29-11-15-38-30(18-36)44-29/h1-11,14-15,19,23,47-48H,12-13,16-17,20H2,(H2,37,39)(H,38,41,44). The summed E-state index contributed by atoms with van der Waals surface area (Å²) in [6.45, 7) is 2.67. The number of piperidine rings is 1. The van der Waals surface area contributed by atoms with Crippen LogP contribution in [0.1, 0.15) is 29.9 Å². The number of nitrogens with zero attached hydrogens (tertiary/aromatic N) is 9. The highest BCUT2D eigenvalue weighted by atomic mass is 16.5. The minimum Gasteiger partial charge on any atom is -0.383 e. The second-order valence-corrected chi connectivity index (χ2v) is 11.6. The van der Waals surface area contributed by atoms with Crippen LogP contribution in [0.5, 0.6) is 0 Å². The number of aromatic nitrogens is 7. The van der Waals surface area contributed by atoms with Crippen molar-refractivity contribution in [3.05, 3.63) is 102 Å². The molecule has 48 heavy (non-hydrogen) atoms. The number of pyridine rings is 3. The Hall–Kier alpha value is -5.75. The third-order valence-electron chi connectivity index (χ3n) is 8.32. The fourth-order valence-corrected chi connectivity index (χ4v) is 5.86. The normalized spacial score (nSPS) is 14.2. The number of nitrogens with two attached hydrogens (primary N) is 1. The number of anilines is 2. The zero-order chi connectivity index (χ0) is 33.3. The monoisotopic (exact) mass is 635 g/mol. The van der Waals surface area contributed by atoms with E-state index in [1.807, 2.05) is 34.9 Å². The van der Waals surface area contributed by atoms with Gasteiger partial charge in [0.15, 0.2) is 25.0 Å². The molecular weight excluding hydrogens is 605 g/mol. The number of nitrogen functional groups attached to an aromatic ring is 1. The van der Waals surface area contributed by atoms with Gasteiger partial charge in [0.2, 0.25) is 5.82 Å². The highest BCUT2D eigenvalue weighted by Crippen LogP contribution is 2.32. The zero-order valence-electron chi connectivity index (χ0n) is 25.8. The first-order valence-electron chi connectivity index (χ1n) is 15.4. The van der Waals surface area contributed by atoms with Gasteiger partial charge in [0.1, 0.15) is 23.2 Å². The highest BCUT2D eigenvalue weighted by Gasteiger charge is 2.22. The van der Waals surface area contributed by atoms with E-state index >= 15 is 0 Å². The van der Waals surface area contributed by atoms with Crippen LogP contribution in [0.3, 0.4) is 0 Å². The molecule has 7 rings (SSSR count). The lowest BCUT2D eigenvalue weighted by molar-refractivity contribution is -0.0943. The van der Waals surface area contributed by atoms with Crippen molar-refractivity contribution in [1.82, 2.24) is 39.4 Å². The summed E-state index contributed by atoms with van der Waals surface area (Å²) in [5.74, 6) is 1.80. The predicted octanol–water partition coefficient (Wildman–Crippen LogP) is 3.13. The number of rotatable bonds is 8. The van der Waals surface area contributed by atoms with Crippen LogP contribution in [-0.4, -0.2) is 76.6 Å². The molecule has 6 heterocycles. The molecule has 0 bridgehead atoms. The van der Waals surface area contributed by atoms with E-state index in [1.54, 1.807) is 24.5 Å². The number of aliphatic hydroxyl groups is 2. The van der Waals surface area contributed by atoms with Crippen LogP contribution in [0.2, 0.25) is 0 Å². The fourth-order valence-electron chi connectivity index (χ4n) is 5.86. The number of hydrogen-bond acceptors (Lipinski definition) is 12. The van der Waals surface area contributed by atoms with Crippen molar-refractivity contribution in [3.8, 4) is 34.4 Å². The van der Waals surface area contributed by atoms with Crippen LogP contribution in [-0.2, 0) is 12.2 Å². The number of benzene rings is 1. The summed E-state index contributed by atoms with van der Waals surface area (Å²) in [7, 11) is 5.37. The summed E-state index contributed by atoms with van der Waals surface area (Å²) < 4.78 is 1.96. The molecule has 0 aliphatic carbocycles. The Balaban J connectivity index is 1.14. The van der Waals surface area contributed by atoms with E-state index < -0.39 is 5.69 Å². The van der Waals surface area contributed by atoms with Crippen LogP contribution >= 0.6 is 0 Å². The summed E-state index contributed by atoms with van der Waals surface area (Å²) >= 11 is 0. The number of nitrogens with one attached hydrogen (secondary N) is 1. The number of imidazole rings is 1. The molecule has 0 saturated carbocycles. The van der Waals surface area contributed by atoms with Crippen molar-refractivity contribution in [2.45, 2.75) is 31.1 Å². The molecule has 0 spiro atoms. The Labute approximate surface area is 277 Å². The van der Waals surface area contributed by atoms with Crippen LogP contribution in [0.25, 0.3) is 39.5 Å². The van der Waals surface area contributed by atoms with Crippen molar-refractivity contribution in [2.24, 2.45) is 0 Å². The average Bonchev–Trinajstić information content (AvgIpc) is 3.48. The van der Waals surface area contributed by atoms with Gasteiger partial charge >= 0.3 is 0 Å². The lowest BCUT2D eigenvalue weighted by Crippen LogP contribution is -2.38. The quantitative estimate of drug-likeness (QED) is 0.142. The predicted molar refractivity (Wildman–Crippen MR) is 180 cm³/mol. The summed E-state index contributed by atoms with van der Waals surface area (Å²) in [6.07, 6.45) is 6.65. The number of nitriles is 1. The van der Waals surface area contributed by atoms with Crippen molar-refractivity contribution in [1.29, 1.82) is 5.26 Å². The van der Waals surface area contributed by atoms with Crippen molar-refractivity contribution < 1.29 is 10.2 Å². The smallest absolute Gasteiger partial charge is 0.234 e. The summed E-state index contributed by atoms with van der Waals surface area (Å²) in [4.78, 5) is 28.9. The van der Waals surface area contributed by atoms with Gasteiger partial charge in [0.05, 0.1) is 17.0 Å². The van der Waals surface area contributed by atoms with Gasteiger partial charge in [-0.25, -0.2) is 24.9 Å². The van der Waals surface area contributed by atoms with Gasteiger partial charge in [-0.2, -0.15) is 5.26 Å². The molecule has 1 aliphatic heterocycles. The lowest BCUT2D eigenvalue weighted by atomic mass is 9.91. The molecule has 13 nitrogen and oxygen atoms in total. The van der Waals surface area contributed by atoms with Crippen molar-refractivity contribution in [2.75, 3.05) is 24.1 Å². The maximum Gasteiger partial charge on any atom is 0.234 e. The molecule has 1 aliphatic rings. The fraction of sp³-hybridized carbons (Fsp3) is 0.206. The second kappa shape index (κ2) is 12.8. The summed E-state index contributed by atoms with van der Waals surface area (Å²) in [5, 5.41) is 31.9. The van der Waals surface area contributed by atoms with Gasteiger partial charge in [-0.05, 0) is 73.0 Å². The Kier molecular flexibility index (Phi) is 8.24. The van der Waals surface area contributed by atoms with E-state index in [0.29, 0.717) is 45.4 Å². The molecule has 5 N–H and O–H groups in total. The maximum atomic E-state index is 9.69. The maximum absolute atomic E-state index is 9.69. The molecular formula is C34H30BN11O2. The first kappa shape index (κ1) is 30.9. The molecule has 1 aromatic carbocycles. The molecule has 0 amide bonds. The molecule has 5 aromatic heterocycles. The van der Waals surface area contributed by atoms with Gasteiger partial charge in [-0.1, -0.05) is 12.1 Å². The second-order valence-electron chi connectivity index (χ2n) is 11.6. The Morgan fingerprint density at radius 3 is 2.46 bits per heavy atom. The van der Waals surface area contributed by atoms with E-state index in [0.717, 1.165) is 38.2 Å². The SMILES string of the molecule is [B]C(O)(O)c1ccc(-c2ccc3nc(-c4cccnc4N)n(-c4ccc(CN5CCC(Nc6ccnc(C#N)n6)CC5)cc4)c3n2)cn1. The van der Waals surface area contributed by atoms with Crippen molar-refractivity contribution in [3.63, 3.8) is 0 Å². The average molecular weight is 636 g/mol. The Morgan fingerprint density at radius 2 is 1.75 bits per heavy atom. The van der Waals surface area contributed by atoms with Gasteiger partial charge in [-0.3, -0.25) is 14.5 Å². The van der Waals surface area contributed by atoms with Gasteiger partial charge in [0.25, 0.3) is 0 Å². The molecule has 14 heteroatoms. The summed E-state index contributed by atoms with van der Waals surface area (Å²) in [5.41, 5.74) is 8.97. The topological polar surface area (TPSA) is 188 Å². The molecule has 1 fully saturated rings. The molecule has 6 aromatic rings. The number of fused-ring (bicyclic) bond motifs is 1. The largest absolute Gasteiger partial charge is 0.383 e. The molecule has 0 atom stereocenters. The van der Waals surface area contributed by atoms with Crippen LogP contribution in [0.4, 0.5) is 11.6 Å². The lowest BCUT2D eigenvalue weighted by Gasteiger charge is -2.32. The van der Waals surface area contributed by atoms with E-state index in [9.17, 15) is 10.2 Å². The molecule has 2 radical (unpaired) electrons. The van der Waals surface area contributed by atoms with Crippen LogP contribution in [0, 0.1) is 11.3 Å². The third kappa shape index (κ3) is 6.43. The molecule has 236 valence electrons. The van der Waals surface area contributed by atoms with Crippen molar-refractivity contribution >= 4 is 30.6 Å². The van der Waals surface area contributed by atoms with E-state index in [-0.39, 0.29) is 17.6 Å². The van der Waals surface area contributed by atoms with E-state index in [4.69, 9.17) is 28.8 Å².